The molecule has 0 aromatic carbocycles. The number of piperidine rings is 1. The molecular formula is C13H25N7. The number of aromatic nitrogens is 3. The van der Waals surface area contributed by atoms with Crippen LogP contribution in [-0.2, 0) is 13.6 Å². The van der Waals surface area contributed by atoms with Crippen LogP contribution >= 0.6 is 0 Å². The molecule has 112 valence electrons. The molecule has 7 nitrogen and oxygen atoms in total. The molecule has 2 heterocycles. The number of aryl methyl sites for hydroxylation is 1. The summed E-state index contributed by atoms with van der Waals surface area (Å²) < 4.78 is 1.90. The molecule has 0 unspecified atom stereocenters. The average molecular weight is 279 g/mol. The molecule has 0 bridgehead atoms. The minimum Gasteiger partial charge on any atom is -0.355 e. The van der Waals surface area contributed by atoms with Crippen molar-refractivity contribution < 1.29 is 0 Å². The third kappa shape index (κ3) is 4.48. The molecule has 1 saturated heterocycles. The van der Waals surface area contributed by atoms with Crippen LogP contribution in [0.1, 0.15) is 25.1 Å². The molecule has 20 heavy (non-hydrogen) atoms. The van der Waals surface area contributed by atoms with E-state index in [1.807, 2.05) is 11.6 Å². The maximum atomic E-state index is 4.22. The third-order valence-corrected chi connectivity index (χ3v) is 3.61. The molecular weight excluding hydrogens is 254 g/mol. The Bertz CT molecular complexity index is 420. The maximum Gasteiger partial charge on any atom is 0.191 e. The topological polar surface area (TPSA) is 70.4 Å². The Labute approximate surface area is 120 Å². The number of aliphatic imine (C=N–C) groups is 1. The van der Waals surface area contributed by atoms with Crippen LogP contribution in [0.3, 0.4) is 0 Å². The molecule has 0 atom stereocenters. The second-order valence-corrected chi connectivity index (χ2v) is 5.11. The van der Waals surface area contributed by atoms with Gasteiger partial charge in [0, 0.05) is 27.2 Å². The Hall–Kier alpha value is -1.63. The number of hydrogen-bond donors (Lipinski definition) is 2. The third-order valence-electron chi connectivity index (χ3n) is 3.61. The van der Waals surface area contributed by atoms with E-state index in [0.29, 0.717) is 6.54 Å². The molecule has 2 rings (SSSR count). The van der Waals surface area contributed by atoms with Crippen molar-refractivity contribution in [2.45, 2.75) is 25.8 Å². The summed E-state index contributed by atoms with van der Waals surface area (Å²) >= 11 is 0. The number of rotatable bonds is 5. The van der Waals surface area contributed by atoms with Gasteiger partial charge >= 0.3 is 0 Å². The summed E-state index contributed by atoms with van der Waals surface area (Å²) in [6.45, 7) is 5.07. The molecule has 1 aliphatic rings. The predicted molar refractivity (Wildman–Crippen MR) is 79.5 cm³/mol. The number of guanidine groups is 1. The van der Waals surface area contributed by atoms with Crippen LogP contribution in [0.15, 0.2) is 11.3 Å². The van der Waals surface area contributed by atoms with E-state index < -0.39 is 0 Å². The number of likely N-dealkylation sites (tertiary alicyclic amines) is 1. The van der Waals surface area contributed by atoms with E-state index in [1.54, 1.807) is 13.4 Å². The van der Waals surface area contributed by atoms with Crippen molar-refractivity contribution in [1.29, 1.82) is 0 Å². The summed E-state index contributed by atoms with van der Waals surface area (Å²) in [5, 5.41) is 14.5. The molecule has 1 fully saturated rings. The van der Waals surface area contributed by atoms with Crippen LogP contribution in [0, 0.1) is 0 Å². The average Bonchev–Trinajstić information content (AvgIpc) is 2.89. The van der Waals surface area contributed by atoms with Gasteiger partial charge in [-0.25, -0.2) is 0 Å². The standard InChI is InChI=1S/C13H25N7/c1-14-13(16-10-12-18-17-11-19(12)2)15-6-9-20-7-4-3-5-8-20/h11H,3-10H2,1-2H3,(H2,14,15,16). The van der Waals surface area contributed by atoms with E-state index in [4.69, 9.17) is 0 Å². The SMILES string of the molecule is CN=C(NCCN1CCCCC1)NCc1nncn1C. The zero-order valence-electron chi connectivity index (χ0n) is 12.5. The Balaban J connectivity index is 1.66. The van der Waals surface area contributed by atoms with Crippen LogP contribution in [0.5, 0.6) is 0 Å². The Morgan fingerprint density at radius 1 is 1.30 bits per heavy atom. The molecule has 1 aromatic rings. The van der Waals surface area contributed by atoms with Crippen molar-refractivity contribution in [3.05, 3.63) is 12.2 Å². The van der Waals surface area contributed by atoms with Gasteiger partial charge in [0.2, 0.25) is 0 Å². The lowest BCUT2D eigenvalue weighted by Gasteiger charge is -2.26. The van der Waals surface area contributed by atoms with Crippen LogP contribution in [0.4, 0.5) is 0 Å². The van der Waals surface area contributed by atoms with E-state index in [9.17, 15) is 0 Å². The molecule has 0 saturated carbocycles. The maximum absolute atomic E-state index is 4.22. The van der Waals surface area contributed by atoms with Crippen molar-refractivity contribution >= 4 is 5.96 Å². The van der Waals surface area contributed by atoms with Gasteiger partial charge < -0.3 is 20.1 Å². The fraction of sp³-hybridized carbons (Fsp3) is 0.769. The molecule has 7 heteroatoms. The van der Waals surface area contributed by atoms with Gasteiger partial charge in [0.15, 0.2) is 11.8 Å². The zero-order valence-corrected chi connectivity index (χ0v) is 12.5. The summed E-state index contributed by atoms with van der Waals surface area (Å²) in [5.74, 6) is 1.70. The summed E-state index contributed by atoms with van der Waals surface area (Å²) in [5.41, 5.74) is 0. The Morgan fingerprint density at radius 3 is 2.75 bits per heavy atom. The van der Waals surface area contributed by atoms with Gasteiger partial charge in [0.1, 0.15) is 6.33 Å². The quantitative estimate of drug-likeness (QED) is 0.585. The van der Waals surface area contributed by atoms with Gasteiger partial charge in [-0.1, -0.05) is 6.42 Å². The highest BCUT2D eigenvalue weighted by atomic mass is 15.3. The monoisotopic (exact) mass is 279 g/mol. The fourth-order valence-corrected chi connectivity index (χ4v) is 2.37. The summed E-state index contributed by atoms with van der Waals surface area (Å²) in [7, 11) is 3.72. The zero-order chi connectivity index (χ0) is 14.2. The minimum absolute atomic E-state index is 0.625. The lowest BCUT2D eigenvalue weighted by atomic mass is 10.1. The first kappa shape index (κ1) is 14.8. The smallest absolute Gasteiger partial charge is 0.191 e. The van der Waals surface area contributed by atoms with E-state index in [1.165, 1.54) is 32.4 Å². The van der Waals surface area contributed by atoms with Gasteiger partial charge in [0.05, 0.1) is 6.54 Å². The van der Waals surface area contributed by atoms with Crippen molar-refractivity contribution in [1.82, 2.24) is 30.3 Å². The van der Waals surface area contributed by atoms with Crippen LogP contribution < -0.4 is 10.6 Å². The van der Waals surface area contributed by atoms with Crippen LogP contribution in [0.2, 0.25) is 0 Å². The molecule has 2 N–H and O–H groups in total. The lowest BCUT2D eigenvalue weighted by Crippen LogP contribution is -2.42. The minimum atomic E-state index is 0.625. The van der Waals surface area contributed by atoms with E-state index in [0.717, 1.165) is 24.9 Å². The molecule has 1 aliphatic heterocycles. The van der Waals surface area contributed by atoms with Gasteiger partial charge in [0.25, 0.3) is 0 Å². The van der Waals surface area contributed by atoms with Gasteiger partial charge in [-0.15, -0.1) is 10.2 Å². The van der Waals surface area contributed by atoms with Gasteiger partial charge in [-0.05, 0) is 25.9 Å². The lowest BCUT2D eigenvalue weighted by molar-refractivity contribution is 0.232. The largest absolute Gasteiger partial charge is 0.355 e. The van der Waals surface area contributed by atoms with Crippen molar-refractivity contribution in [2.24, 2.45) is 12.0 Å². The predicted octanol–water partition coefficient (Wildman–Crippen LogP) is -0.0340. The molecule has 0 aliphatic carbocycles. The summed E-state index contributed by atoms with van der Waals surface area (Å²) in [6, 6.07) is 0. The normalized spacial score (nSPS) is 17.2. The van der Waals surface area contributed by atoms with Crippen LogP contribution in [-0.4, -0.2) is 58.9 Å². The first-order valence-electron chi connectivity index (χ1n) is 7.29. The Kier molecular flexibility index (Phi) is 5.79. The second kappa shape index (κ2) is 7.84. The molecule has 0 amide bonds. The molecule has 1 aromatic heterocycles. The van der Waals surface area contributed by atoms with Crippen molar-refractivity contribution in [2.75, 3.05) is 33.2 Å². The first-order valence-corrected chi connectivity index (χ1v) is 7.29. The van der Waals surface area contributed by atoms with Crippen molar-refractivity contribution in [3.8, 4) is 0 Å². The van der Waals surface area contributed by atoms with E-state index in [-0.39, 0.29) is 0 Å². The summed E-state index contributed by atoms with van der Waals surface area (Å²) in [4.78, 5) is 6.72. The highest BCUT2D eigenvalue weighted by Crippen LogP contribution is 2.07. The number of nitrogens with zero attached hydrogens (tertiary/aromatic N) is 5. The number of nitrogens with one attached hydrogen (secondary N) is 2. The second-order valence-electron chi connectivity index (χ2n) is 5.11. The van der Waals surface area contributed by atoms with E-state index >= 15 is 0 Å². The first-order chi connectivity index (χ1) is 9.79. The Morgan fingerprint density at radius 2 is 2.10 bits per heavy atom. The molecule has 0 spiro atoms. The van der Waals surface area contributed by atoms with Gasteiger partial charge in [-0.2, -0.15) is 0 Å². The molecule has 0 radical (unpaired) electrons. The van der Waals surface area contributed by atoms with Crippen molar-refractivity contribution in [3.63, 3.8) is 0 Å². The highest BCUT2D eigenvalue weighted by molar-refractivity contribution is 5.79. The highest BCUT2D eigenvalue weighted by Gasteiger charge is 2.09. The summed E-state index contributed by atoms with van der Waals surface area (Å²) in [6.07, 6.45) is 5.74. The van der Waals surface area contributed by atoms with E-state index in [2.05, 4.69) is 30.7 Å². The van der Waals surface area contributed by atoms with Crippen LogP contribution in [0.25, 0.3) is 0 Å². The number of hydrogen-bond acceptors (Lipinski definition) is 4. The van der Waals surface area contributed by atoms with Gasteiger partial charge in [-0.3, -0.25) is 4.99 Å². The fourth-order valence-electron chi connectivity index (χ4n) is 2.37.